The van der Waals surface area contributed by atoms with Gasteiger partial charge in [0.1, 0.15) is 0 Å². The van der Waals surface area contributed by atoms with Crippen LogP contribution in [0.3, 0.4) is 0 Å². The summed E-state index contributed by atoms with van der Waals surface area (Å²) in [5.74, 6) is 0.417. The van der Waals surface area contributed by atoms with Gasteiger partial charge in [-0.2, -0.15) is 0 Å². The van der Waals surface area contributed by atoms with Crippen LogP contribution in [-0.2, 0) is 0 Å². The van der Waals surface area contributed by atoms with Gasteiger partial charge in [0.15, 0.2) is 5.15 Å². The number of halogens is 1. The summed E-state index contributed by atoms with van der Waals surface area (Å²) in [5, 5.41) is 5.63. The van der Waals surface area contributed by atoms with Crippen LogP contribution in [0.2, 0.25) is 5.15 Å². The van der Waals surface area contributed by atoms with Crippen molar-refractivity contribution in [3.8, 4) is 0 Å². The summed E-state index contributed by atoms with van der Waals surface area (Å²) in [5.41, 5.74) is 0.514. The molecule has 0 saturated carbocycles. The second-order valence-corrected chi connectivity index (χ2v) is 3.93. The number of hydrogen-bond acceptors (Lipinski definition) is 2. The van der Waals surface area contributed by atoms with Gasteiger partial charge in [0.05, 0.1) is 5.69 Å². The molecule has 0 atom stereocenters. The zero-order valence-electron chi connectivity index (χ0n) is 8.75. The van der Waals surface area contributed by atoms with E-state index in [0.29, 0.717) is 18.2 Å². The zero-order valence-corrected chi connectivity index (χ0v) is 9.51. The molecule has 1 aromatic rings. The van der Waals surface area contributed by atoms with Crippen LogP contribution in [0.5, 0.6) is 0 Å². The van der Waals surface area contributed by atoms with Crippen molar-refractivity contribution in [2.45, 2.75) is 13.8 Å². The number of pyridine rings is 1. The second kappa shape index (κ2) is 5.56. The molecule has 15 heavy (non-hydrogen) atoms. The first-order chi connectivity index (χ1) is 7.09. The topological polar surface area (TPSA) is 54.0 Å². The van der Waals surface area contributed by atoms with Crippen LogP contribution < -0.4 is 10.6 Å². The Morgan fingerprint density at radius 3 is 2.93 bits per heavy atom. The minimum Gasteiger partial charge on any atom is -0.338 e. The first-order valence-corrected chi connectivity index (χ1v) is 5.12. The minimum atomic E-state index is -0.265. The van der Waals surface area contributed by atoms with Crippen LogP contribution in [0.4, 0.5) is 10.5 Å². The van der Waals surface area contributed by atoms with Gasteiger partial charge in [-0.15, -0.1) is 0 Å². The molecule has 0 spiro atoms. The Morgan fingerprint density at radius 1 is 1.60 bits per heavy atom. The number of rotatable bonds is 3. The molecule has 0 aliphatic rings. The van der Waals surface area contributed by atoms with Crippen molar-refractivity contribution in [3.05, 3.63) is 23.5 Å². The summed E-state index contributed by atoms with van der Waals surface area (Å²) in [6, 6.07) is 3.15. The first kappa shape index (κ1) is 11.8. The zero-order chi connectivity index (χ0) is 11.3. The molecule has 0 aliphatic carbocycles. The van der Waals surface area contributed by atoms with E-state index in [0.717, 1.165) is 0 Å². The summed E-state index contributed by atoms with van der Waals surface area (Å²) in [7, 11) is 0. The summed E-state index contributed by atoms with van der Waals surface area (Å²) in [6.45, 7) is 4.68. The standard InChI is InChI=1S/C10H14ClN3O/c1-7(2)6-13-10(15)14-8-4-3-5-12-9(8)11/h3-5,7H,6H2,1-2H3,(H2,13,14,15). The van der Waals surface area contributed by atoms with Crippen molar-refractivity contribution in [1.29, 1.82) is 0 Å². The van der Waals surface area contributed by atoms with Crippen LogP contribution in [0, 0.1) is 5.92 Å². The lowest BCUT2D eigenvalue weighted by Crippen LogP contribution is -2.31. The smallest absolute Gasteiger partial charge is 0.319 e. The van der Waals surface area contributed by atoms with Crippen LogP contribution in [0.15, 0.2) is 18.3 Å². The number of carbonyl (C=O) groups is 1. The number of hydrogen-bond donors (Lipinski definition) is 2. The number of urea groups is 1. The third-order valence-electron chi connectivity index (χ3n) is 1.68. The number of amides is 2. The molecular formula is C10H14ClN3O. The van der Waals surface area contributed by atoms with Gasteiger partial charge in [0.25, 0.3) is 0 Å². The molecule has 0 bridgehead atoms. The van der Waals surface area contributed by atoms with Gasteiger partial charge in [-0.3, -0.25) is 0 Å². The number of aromatic nitrogens is 1. The van der Waals surface area contributed by atoms with Crippen molar-refractivity contribution in [3.63, 3.8) is 0 Å². The molecule has 0 aliphatic heterocycles. The van der Waals surface area contributed by atoms with Gasteiger partial charge in [-0.1, -0.05) is 25.4 Å². The van der Waals surface area contributed by atoms with Crippen LogP contribution >= 0.6 is 11.6 Å². The molecule has 0 aromatic carbocycles. The van der Waals surface area contributed by atoms with Crippen molar-refractivity contribution < 1.29 is 4.79 Å². The predicted octanol–water partition coefficient (Wildman–Crippen LogP) is 2.51. The second-order valence-electron chi connectivity index (χ2n) is 3.57. The largest absolute Gasteiger partial charge is 0.338 e. The van der Waals surface area contributed by atoms with E-state index in [2.05, 4.69) is 15.6 Å². The van der Waals surface area contributed by atoms with Crippen LogP contribution in [-0.4, -0.2) is 17.6 Å². The third-order valence-corrected chi connectivity index (χ3v) is 1.98. The Hall–Kier alpha value is -1.29. The Labute approximate surface area is 94.0 Å². The average Bonchev–Trinajstić information content (AvgIpc) is 2.18. The van der Waals surface area contributed by atoms with Crippen molar-refractivity contribution in [2.75, 3.05) is 11.9 Å². The molecule has 0 fully saturated rings. The highest BCUT2D eigenvalue weighted by molar-refractivity contribution is 6.32. The van der Waals surface area contributed by atoms with Crippen LogP contribution in [0.1, 0.15) is 13.8 Å². The van der Waals surface area contributed by atoms with Gasteiger partial charge in [0, 0.05) is 12.7 Å². The van der Waals surface area contributed by atoms with E-state index < -0.39 is 0 Å². The predicted molar refractivity (Wildman–Crippen MR) is 61.1 cm³/mol. The van der Waals surface area contributed by atoms with Gasteiger partial charge >= 0.3 is 6.03 Å². The highest BCUT2D eigenvalue weighted by atomic mass is 35.5. The molecule has 1 rings (SSSR count). The van der Waals surface area contributed by atoms with E-state index in [9.17, 15) is 4.79 Å². The molecule has 82 valence electrons. The number of nitrogens with one attached hydrogen (secondary N) is 2. The fourth-order valence-electron chi connectivity index (χ4n) is 0.943. The van der Waals surface area contributed by atoms with E-state index in [1.54, 1.807) is 18.3 Å². The lowest BCUT2D eigenvalue weighted by Gasteiger charge is -2.09. The molecule has 0 saturated heterocycles. The Morgan fingerprint density at radius 2 is 2.33 bits per heavy atom. The molecule has 0 unspecified atom stereocenters. The lowest BCUT2D eigenvalue weighted by atomic mass is 10.2. The maximum atomic E-state index is 11.4. The minimum absolute atomic E-state index is 0.265. The number of carbonyl (C=O) groups excluding carboxylic acids is 1. The summed E-state index contributed by atoms with van der Waals surface area (Å²) < 4.78 is 0. The molecular weight excluding hydrogens is 214 g/mol. The fourth-order valence-corrected chi connectivity index (χ4v) is 1.11. The highest BCUT2D eigenvalue weighted by Crippen LogP contribution is 2.16. The van der Waals surface area contributed by atoms with Crippen molar-refractivity contribution >= 4 is 23.3 Å². The van der Waals surface area contributed by atoms with Crippen LogP contribution in [0.25, 0.3) is 0 Å². The van der Waals surface area contributed by atoms with Gasteiger partial charge in [0.2, 0.25) is 0 Å². The molecule has 2 N–H and O–H groups in total. The summed E-state index contributed by atoms with van der Waals surface area (Å²) in [6.07, 6.45) is 1.57. The Kier molecular flexibility index (Phi) is 4.37. The van der Waals surface area contributed by atoms with Gasteiger partial charge in [-0.05, 0) is 18.1 Å². The highest BCUT2D eigenvalue weighted by Gasteiger charge is 2.05. The van der Waals surface area contributed by atoms with E-state index in [1.165, 1.54) is 0 Å². The SMILES string of the molecule is CC(C)CNC(=O)Nc1cccnc1Cl. The van der Waals surface area contributed by atoms with E-state index in [-0.39, 0.29) is 11.2 Å². The summed E-state index contributed by atoms with van der Waals surface area (Å²) >= 11 is 5.78. The monoisotopic (exact) mass is 227 g/mol. The number of anilines is 1. The molecule has 0 radical (unpaired) electrons. The molecule has 1 heterocycles. The molecule has 4 nitrogen and oxygen atoms in total. The average molecular weight is 228 g/mol. The fraction of sp³-hybridized carbons (Fsp3) is 0.400. The van der Waals surface area contributed by atoms with E-state index >= 15 is 0 Å². The van der Waals surface area contributed by atoms with Gasteiger partial charge in [-0.25, -0.2) is 9.78 Å². The van der Waals surface area contributed by atoms with Crippen molar-refractivity contribution in [2.24, 2.45) is 5.92 Å². The van der Waals surface area contributed by atoms with E-state index in [4.69, 9.17) is 11.6 Å². The van der Waals surface area contributed by atoms with Crippen molar-refractivity contribution in [1.82, 2.24) is 10.3 Å². The maximum absolute atomic E-state index is 11.4. The molecule has 5 heteroatoms. The Bertz CT molecular complexity index is 341. The molecule has 2 amide bonds. The quantitative estimate of drug-likeness (QED) is 0.780. The van der Waals surface area contributed by atoms with Gasteiger partial charge < -0.3 is 10.6 Å². The molecule has 1 aromatic heterocycles. The number of nitrogens with zero attached hydrogens (tertiary/aromatic N) is 1. The summed E-state index contributed by atoms with van der Waals surface area (Å²) in [4.78, 5) is 15.2. The Balaban J connectivity index is 2.48. The van der Waals surface area contributed by atoms with E-state index in [1.807, 2.05) is 13.8 Å². The lowest BCUT2D eigenvalue weighted by molar-refractivity contribution is 0.251. The normalized spacial score (nSPS) is 10.1. The third kappa shape index (κ3) is 4.16. The first-order valence-electron chi connectivity index (χ1n) is 4.75. The maximum Gasteiger partial charge on any atom is 0.319 e.